The van der Waals surface area contributed by atoms with Crippen molar-refractivity contribution in [1.29, 1.82) is 0 Å². The highest BCUT2D eigenvalue weighted by Crippen LogP contribution is 2.43. The van der Waals surface area contributed by atoms with Gasteiger partial charge in [-0.3, -0.25) is 14.3 Å². The molecule has 132 valence electrons. The molecule has 0 spiro atoms. The number of fused-ring (bicyclic) bond motifs is 1. The second kappa shape index (κ2) is 5.85. The fraction of sp³-hybridized carbons (Fsp3) is 0.643. The Hall–Kier alpha value is -1.94. The minimum Gasteiger partial charge on any atom is -0.481 e. The lowest BCUT2D eigenvalue weighted by Crippen LogP contribution is -2.43. The molecular weight excluding hydrogens is 336 g/mol. The maximum atomic E-state index is 12.4. The number of carboxylic acid groups (broad SMARTS) is 1. The van der Waals surface area contributed by atoms with Gasteiger partial charge in [-0.1, -0.05) is 0 Å². The smallest absolute Gasteiger partial charge is 0.313 e. The molecule has 3 rings (SSSR count). The van der Waals surface area contributed by atoms with Crippen molar-refractivity contribution < 1.29 is 23.1 Å². The van der Waals surface area contributed by atoms with Crippen LogP contribution >= 0.6 is 0 Å². The molecule has 10 heteroatoms. The van der Waals surface area contributed by atoms with E-state index in [0.717, 1.165) is 6.26 Å². The first kappa shape index (κ1) is 16.9. The highest BCUT2D eigenvalue weighted by atomic mass is 32.2. The van der Waals surface area contributed by atoms with E-state index in [4.69, 9.17) is 0 Å². The predicted octanol–water partition coefficient (Wildman–Crippen LogP) is -0.922. The summed E-state index contributed by atoms with van der Waals surface area (Å²) in [6.45, 7) is 0.832. The molecule has 1 aromatic heterocycles. The second-order valence-electron chi connectivity index (χ2n) is 6.51. The van der Waals surface area contributed by atoms with Crippen molar-refractivity contribution in [3.8, 4) is 0 Å². The molecule has 24 heavy (non-hydrogen) atoms. The summed E-state index contributed by atoms with van der Waals surface area (Å²) >= 11 is 0. The van der Waals surface area contributed by atoms with Crippen LogP contribution < -0.4 is 0 Å². The molecule has 0 aromatic carbocycles. The molecule has 2 aliphatic rings. The third kappa shape index (κ3) is 2.91. The van der Waals surface area contributed by atoms with E-state index in [2.05, 4.69) is 5.10 Å². The number of carboxylic acids is 1. The minimum atomic E-state index is -3.44. The number of aryl methyl sites for hydroxylation is 1. The van der Waals surface area contributed by atoms with E-state index < -0.39 is 21.4 Å². The highest BCUT2D eigenvalue weighted by molar-refractivity contribution is 7.88. The number of aromatic nitrogens is 2. The van der Waals surface area contributed by atoms with Gasteiger partial charge < -0.3 is 10.0 Å². The minimum absolute atomic E-state index is 0.0525. The quantitative estimate of drug-likeness (QED) is 0.730. The Morgan fingerprint density at radius 1 is 1.33 bits per heavy atom. The van der Waals surface area contributed by atoms with E-state index >= 15 is 0 Å². The van der Waals surface area contributed by atoms with Gasteiger partial charge in [0.05, 0.1) is 6.26 Å². The van der Waals surface area contributed by atoms with Crippen LogP contribution in [-0.4, -0.2) is 76.8 Å². The van der Waals surface area contributed by atoms with Gasteiger partial charge in [0.25, 0.3) is 0 Å². The van der Waals surface area contributed by atoms with Crippen molar-refractivity contribution in [3.63, 3.8) is 0 Å². The molecule has 1 aromatic rings. The molecular formula is C14H20N4O5S. The summed E-state index contributed by atoms with van der Waals surface area (Å²) < 4.78 is 26.3. The Balaban J connectivity index is 1.69. The maximum absolute atomic E-state index is 12.4. The molecule has 0 saturated carbocycles. The third-order valence-corrected chi connectivity index (χ3v) is 6.16. The number of rotatable bonds is 5. The van der Waals surface area contributed by atoms with E-state index in [1.54, 1.807) is 28.0 Å². The van der Waals surface area contributed by atoms with Crippen LogP contribution in [0, 0.1) is 11.3 Å². The standard InChI is InChI=1S/C14H20N4O5S/c1-24(22,23)18-8-11-7-16(9-14(11,10-18)13(20)21)12(19)3-6-17-5-2-4-15-17/h2,4-5,11H,3,6-10H2,1H3,(H,20,21)/t11-,14-/m0/s1. The average Bonchev–Trinajstić information content (AvgIpc) is 3.17. The molecule has 9 nitrogen and oxygen atoms in total. The summed E-state index contributed by atoms with van der Waals surface area (Å²) in [6, 6.07) is 1.77. The first-order valence-electron chi connectivity index (χ1n) is 7.66. The van der Waals surface area contributed by atoms with Gasteiger partial charge in [-0.25, -0.2) is 12.7 Å². The van der Waals surface area contributed by atoms with E-state index in [1.165, 1.54) is 4.31 Å². The second-order valence-corrected chi connectivity index (χ2v) is 8.49. The van der Waals surface area contributed by atoms with Crippen LogP contribution in [-0.2, 0) is 26.2 Å². The number of aliphatic carboxylic acids is 1. The van der Waals surface area contributed by atoms with Gasteiger partial charge in [-0.15, -0.1) is 0 Å². The van der Waals surface area contributed by atoms with Gasteiger partial charge in [0.2, 0.25) is 15.9 Å². The fourth-order valence-electron chi connectivity index (χ4n) is 3.57. The van der Waals surface area contributed by atoms with Crippen LogP contribution in [0.3, 0.4) is 0 Å². The SMILES string of the molecule is CS(=O)(=O)N1C[C@@H]2CN(C(=O)CCn3cccn3)C[C@]2(C(=O)O)C1. The molecule has 2 fully saturated rings. The number of nitrogens with zero attached hydrogens (tertiary/aromatic N) is 4. The van der Waals surface area contributed by atoms with Crippen molar-refractivity contribution >= 4 is 21.9 Å². The number of amides is 1. The number of carbonyl (C=O) groups excluding carboxylic acids is 1. The Morgan fingerprint density at radius 2 is 2.08 bits per heavy atom. The van der Waals surface area contributed by atoms with Gasteiger partial charge in [0, 0.05) is 57.5 Å². The van der Waals surface area contributed by atoms with Crippen LogP contribution in [0.4, 0.5) is 0 Å². The Labute approximate surface area is 139 Å². The molecule has 3 heterocycles. The van der Waals surface area contributed by atoms with E-state index in [9.17, 15) is 23.1 Å². The van der Waals surface area contributed by atoms with E-state index in [0.29, 0.717) is 6.54 Å². The normalized spacial score (nSPS) is 27.4. The first-order chi connectivity index (χ1) is 11.2. The summed E-state index contributed by atoms with van der Waals surface area (Å²) in [5.41, 5.74) is -1.20. The fourth-order valence-corrected chi connectivity index (χ4v) is 4.48. The van der Waals surface area contributed by atoms with Crippen LogP contribution in [0.2, 0.25) is 0 Å². The molecule has 0 bridgehead atoms. The number of carbonyl (C=O) groups is 2. The first-order valence-corrected chi connectivity index (χ1v) is 9.51. The van der Waals surface area contributed by atoms with Gasteiger partial charge >= 0.3 is 5.97 Å². The van der Waals surface area contributed by atoms with Crippen molar-refractivity contribution in [2.24, 2.45) is 11.3 Å². The lowest BCUT2D eigenvalue weighted by atomic mass is 9.81. The summed E-state index contributed by atoms with van der Waals surface area (Å²) in [7, 11) is -3.44. The van der Waals surface area contributed by atoms with Gasteiger partial charge in [-0.2, -0.15) is 5.10 Å². The zero-order valence-electron chi connectivity index (χ0n) is 13.3. The summed E-state index contributed by atoms with van der Waals surface area (Å²) in [4.78, 5) is 25.7. The molecule has 2 saturated heterocycles. The summed E-state index contributed by atoms with van der Waals surface area (Å²) in [5.74, 6) is -1.55. The topological polar surface area (TPSA) is 113 Å². The Bertz CT molecular complexity index is 747. The summed E-state index contributed by atoms with van der Waals surface area (Å²) in [5, 5.41) is 13.7. The van der Waals surface area contributed by atoms with E-state index in [1.807, 2.05) is 0 Å². The zero-order chi connectivity index (χ0) is 17.5. The van der Waals surface area contributed by atoms with Gasteiger partial charge in [-0.05, 0) is 6.07 Å². The lowest BCUT2D eigenvalue weighted by molar-refractivity contribution is -0.149. The number of hydrogen-bond donors (Lipinski definition) is 1. The van der Waals surface area contributed by atoms with E-state index in [-0.39, 0.29) is 44.4 Å². The number of likely N-dealkylation sites (tertiary alicyclic amines) is 1. The third-order valence-electron chi connectivity index (χ3n) is 4.94. The van der Waals surface area contributed by atoms with Crippen LogP contribution in [0.1, 0.15) is 6.42 Å². The van der Waals surface area contributed by atoms with Gasteiger partial charge in [0.15, 0.2) is 0 Å². The molecule has 2 atom stereocenters. The Kier molecular flexibility index (Phi) is 4.12. The van der Waals surface area contributed by atoms with Crippen LogP contribution in [0.25, 0.3) is 0 Å². The van der Waals surface area contributed by atoms with Crippen molar-refractivity contribution in [2.45, 2.75) is 13.0 Å². The van der Waals surface area contributed by atoms with Crippen molar-refractivity contribution in [2.75, 3.05) is 32.4 Å². The van der Waals surface area contributed by atoms with Crippen molar-refractivity contribution in [3.05, 3.63) is 18.5 Å². The molecule has 1 amide bonds. The molecule has 1 N–H and O–H groups in total. The Morgan fingerprint density at radius 3 is 2.62 bits per heavy atom. The number of hydrogen-bond acceptors (Lipinski definition) is 5. The van der Waals surface area contributed by atoms with Crippen LogP contribution in [0.15, 0.2) is 18.5 Å². The summed E-state index contributed by atoms with van der Waals surface area (Å²) in [6.07, 6.45) is 4.70. The monoisotopic (exact) mass is 356 g/mol. The molecule has 0 unspecified atom stereocenters. The number of sulfonamides is 1. The highest BCUT2D eigenvalue weighted by Gasteiger charge is 2.59. The maximum Gasteiger partial charge on any atom is 0.313 e. The van der Waals surface area contributed by atoms with Crippen LogP contribution in [0.5, 0.6) is 0 Å². The predicted molar refractivity (Wildman–Crippen MR) is 83.4 cm³/mol. The molecule has 0 aliphatic carbocycles. The molecule has 0 radical (unpaired) electrons. The average molecular weight is 356 g/mol. The lowest BCUT2D eigenvalue weighted by Gasteiger charge is -2.24. The van der Waals surface area contributed by atoms with Crippen molar-refractivity contribution in [1.82, 2.24) is 19.0 Å². The largest absolute Gasteiger partial charge is 0.481 e. The molecule has 2 aliphatic heterocycles. The van der Waals surface area contributed by atoms with Gasteiger partial charge in [0.1, 0.15) is 5.41 Å². The zero-order valence-corrected chi connectivity index (χ0v) is 14.1.